The summed E-state index contributed by atoms with van der Waals surface area (Å²) in [6, 6.07) is 9.32. The van der Waals surface area contributed by atoms with Crippen LogP contribution in [0.5, 0.6) is 0 Å². The van der Waals surface area contributed by atoms with E-state index < -0.39 is 5.91 Å². The van der Waals surface area contributed by atoms with Crippen LogP contribution in [0.3, 0.4) is 0 Å². The fourth-order valence-electron chi connectivity index (χ4n) is 1.21. The molecule has 0 unspecified atom stereocenters. The van der Waals surface area contributed by atoms with Gasteiger partial charge >= 0.3 is 0 Å². The second-order valence-corrected chi connectivity index (χ2v) is 2.73. The van der Waals surface area contributed by atoms with Crippen LogP contribution in [0.1, 0.15) is 5.76 Å². The van der Waals surface area contributed by atoms with Gasteiger partial charge in [-0.3, -0.25) is 4.79 Å². The smallest absolute Gasteiger partial charge is 0.229 e. The van der Waals surface area contributed by atoms with Crippen LogP contribution in [0.15, 0.2) is 34.7 Å². The second-order valence-electron chi connectivity index (χ2n) is 2.73. The normalized spacial score (nSPS) is 10.5. The summed E-state index contributed by atoms with van der Waals surface area (Å²) in [6.07, 6.45) is 1.26. The van der Waals surface area contributed by atoms with Crippen molar-refractivity contribution in [1.82, 2.24) is 0 Å². The molecule has 3 nitrogen and oxygen atoms in total. The molecule has 3 heteroatoms. The highest BCUT2D eigenvalue weighted by Crippen LogP contribution is 2.19. The number of benzene rings is 1. The lowest BCUT2D eigenvalue weighted by Gasteiger charge is -1.87. The molecule has 0 bridgehead atoms. The molecule has 1 radical (unpaired) electrons. The highest BCUT2D eigenvalue weighted by atomic mass is 16.3. The summed E-state index contributed by atoms with van der Waals surface area (Å²) < 4.78 is 5.32. The van der Waals surface area contributed by atoms with E-state index in [9.17, 15) is 4.79 Å². The molecular formula is C10H8NO2. The van der Waals surface area contributed by atoms with E-state index in [1.807, 2.05) is 24.3 Å². The van der Waals surface area contributed by atoms with Crippen molar-refractivity contribution in [1.29, 1.82) is 0 Å². The van der Waals surface area contributed by atoms with Gasteiger partial charge in [0.25, 0.3) is 0 Å². The van der Waals surface area contributed by atoms with Crippen LogP contribution in [0.4, 0.5) is 0 Å². The molecule has 1 amide bonds. The van der Waals surface area contributed by atoms with Crippen molar-refractivity contribution in [3.8, 4) is 0 Å². The Bertz CT molecular complexity index is 412. The molecule has 0 aliphatic rings. The molecule has 0 aliphatic heterocycles. The van der Waals surface area contributed by atoms with Crippen LogP contribution < -0.4 is 5.73 Å². The van der Waals surface area contributed by atoms with Gasteiger partial charge in [0.05, 0.1) is 0 Å². The number of carbonyl (C=O) groups is 1. The molecule has 1 aromatic heterocycles. The van der Waals surface area contributed by atoms with E-state index in [1.165, 1.54) is 6.42 Å². The summed E-state index contributed by atoms with van der Waals surface area (Å²) in [7, 11) is 0. The Balaban J connectivity index is 2.44. The fraction of sp³-hybridized carbons (Fsp3) is 0. The molecule has 0 aliphatic carbocycles. The Labute approximate surface area is 75.1 Å². The van der Waals surface area contributed by atoms with Gasteiger partial charge in [0.1, 0.15) is 17.8 Å². The number of para-hydroxylation sites is 1. The summed E-state index contributed by atoms with van der Waals surface area (Å²) in [5.74, 6) is -0.00671. The van der Waals surface area contributed by atoms with Gasteiger partial charge in [0.2, 0.25) is 5.91 Å². The third-order valence-corrected chi connectivity index (χ3v) is 1.73. The Morgan fingerprint density at radius 1 is 1.38 bits per heavy atom. The van der Waals surface area contributed by atoms with Crippen LogP contribution in [-0.4, -0.2) is 5.91 Å². The van der Waals surface area contributed by atoms with E-state index in [-0.39, 0.29) is 0 Å². The van der Waals surface area contributed by atoms with Crippen LogP contribution >= 0.6 is 0 Å². The Morgan fingerprint density at radius 2 is 2.15 bits per heavy atom. The maximum atomic E-state index is 10.6. The first-order valence-corrected chi connectivity index (χ1v) is 3.88. The first kappa shape index (κ1) is 7.86. The lowest BCUT2D eigenvalue weighted by Crippen LogP contribution is -2.10. The van der Waals surface area contributed by atoms with Crippen molar-refractivity contribution in [3.63, 3.8) is 0 Å². The van der Waals surface area contributed by atoms with Crippen LogP contribution in [0.2, 0.25) is 0 Å². The molecule has 1 heterocycles. The van der Waals surface area contributed by atoms with Crippen molar-refractivity contribution in [3.05, 3.63) is 42.5 Å². The van der Waals surface area contributed by atoms with E-state index in [1.54, 1.807) is 6.07 Å². The maximum Gasteiger partial charge on any atom is 0.229 e. The molecule has 2 rings (SSSR count). The molecule has 2 aromatic rings. The molecule has 2 N–H and O–H groups in total. The summed E-state index contributed by atoms with van der Waals surface area (Å²) >= 11 is 0. The maximum absolute atomic E-state index is 10.6. The minimum absolute atomic E-state index is 0.494. The van der Waals surface area contributed by atoms with Crippen LogP contribution in [-0.2, 0) is 4.79 Å². The highest BCUT2D eigenvalue weighted by molar-refractivity contribution is 5.88. The number of carbonyl (C=O) groups excluding carboxylic acids is 1. The van der Waals surface area contributed by atoms with Gasteiger partial charge in [0.15, 0.2) is 0 Å². The van der Waals surface area contributed by atoms with Crippen molar-refractivity contribution in [2.75, 3.05) is 0 Å². The van der Waals surface area contributed by atoms with Gasteiger partial charge in [-0.05, 0) is 12.1 Å². The van der Waals surface area contributed by atoms with Gasteiger partial charge in [0, 0.05) is 5.39 Å². The summed E-state index contributed by atoms with van der Waals surface area (Å²) in [5.41, 5.74) is 5.75. The molecule has 0 atom stereocenters. The fourth-order valence-corrected chi connectivity index (χ4v) is 1.21. The average molecular weight is 174 g/mol. The third kappa shape index (κ3) is 1.54. The van der Waals surface area contributed by atoms with E-state index >= 15 is 0 Å². The number of fused-ring (bicyclic) bond motifs is 1. The molecule has 65 valence electrons. The third-order valence-electron chi connectivity index (χ3n) is 1.73. The zero-order chi connectivity index (χ0) is 9.26. The summed E-state index contributed by atoms with van der Waals surface area (Å²) in [4.78, 5) is 10.6. The minimum atomic E-state index is -0.501. The first-order valence-electron chi connectivity index (χ1n) is 3.88. The lowest BCUT2D eigenvalue weighted by atomic mass is 10.2. The molecular weight excluding hydrogens is 166 g/mol. The molecule has 0 saturated heterocycles. The molecule has 1 aromatic carbocycles. The van der Waals surface area contributed by atoms with Crippen molar-refractivity contribution < 1.29 is 9.21 Å². The number of hydrogen-bond acceptors (Lipinski definition) is 2. The number of rotatable bonds is 2. The number of furan rings is 1. The lowest BCUT2D eigenvalue weighted by molar-refractivity contribution is -0.114. The zero-order valence-electron chi connectivity index (χ0n) is 6.86. The largest absolute Gasteiger partial charge is 0.460 e. The van der Waals surface area contributed by atoms with Crippen molar-refractivity contribution in [2.45, 2.75) is 0 Å². The van der Waals surface area contributed by atoms with Crippen molar-refractivity contribution in [2.24, 2.45) is 5.73 Å². The minimum Gasteiger partial charge on any atom is -0.460 e. The van der Waals surface area contributed by atoms with Gasteiger partial charge < -0.3 is 10.2 Å². The van der Waals surface area contributed by atoms with E-state index in [0.29, 0.717) is 5.76 Å². The molecule has 0 spiro atoms. The standard InChI is InChI=1S/C10H8NO2/c11-10(12)6-8-5-7-3-1-2-4-9(7)13-8/h1-6H,(H2,11,12). The monoisotopic (exact) mass is 174 g/mol. The van der Waals surface area contributed by atoms with Gasteiger partial charge in [-0.15, -0.1) is 0 Å². The average Bonchev–Trinajstić information content (AvgIpc) is 2.44. The van der Waals surface area contributed by atoms with Crippen molar-refractivity contribution >= 4 is 16.9 Å². The quantitative estimate of drug-likeness (QED) is 0.749. The Hall–Kier alpha value is -1.77. The Morgan fingerprint density at radius 3 is 2.85 bits per heavy atom. The number of primary amides is 1. The van der Waals surface area contributed by atoms with E-state index in [2.05, 4.69) is 0 Å². The number of nitrogens with two attached hydrogens (primary N) is 1. The van der Waals surface area contributed by atoms with E-state index in [0.717, 1.165) is 11.0 Å². The zero-order valence-corrected chi connectivity index (χ0v) is 6.86. The molecule has 13 heavy (non-hydrogen) atoms. The van der Waals surface area contributed by atoms with Crippen LogP contribution in [0, 0.1) is 6.42 Å². The predicted molar refractivity (Wildman–Crippen MR) is 48.8 cm³/mol. The Kier molecular flexibility index (Phi) is 1.77. The van der Waals surface area contributed by atoms with E-state index in [4.69, 9.17) is 10.2 Å². The topological polar surface area (TPSA) is 56.2 Å². The number of amides is 1. The molecule has 0 fully saturated rings. The summed E-state index contributed by atoms with van der Waals surface area (Å²) in [6.45, 7) is 0. The van der Waals surface area contributed by atoms with Gasteiger partial charge in [-0.25, -0.2) is 0 Å². The van der Waals surface area contributed by atoms with Crippen LogP contribution in [0.25, 0.3) is 11.0 Å². The number of hydrogen-bond donors (Lipinski definition) is 1. The summed E-state index contributed by atoms with van der Waals surface area (Å²) in [5, 5.41) is 0.968. The van der Waals surface area contributed by atoms with Gasteiger partial charge in [-0.1, -0.05) is 18.2 Å². The first-order chi connectivity index (χ1) is 6.25. The SMILES string of the molecule is NC(=O)[CH]c1cc2ccccc2o1. The van der Waals surface area contributed by atoms with Gasteiger partial charge in [-0.2, -0.15) is 0 Å². The second kappa shape index (κ2) is 2.94. The predicted octanol–water partition coefficient (Wildman–Crippen LogP) is 1.47. The highest BCUT2D eigenvalue weighted by Gasteiger charge is 2.05. The molecule has 0 saturated carbocycles.